The number of benzene rings is 3. The Kier molecular flexibility index (Phi) is 9.74. The maximum atomic E-state index is 12.6. The number of nitrogens with one attached hydrogen (secondary N) is 1. The molecule has 0 saturated carbocycles. The van der Waals surface area contributed by atoms with Gasteiger partial charge in [-0.2, -0.15) is 5.10 Å². The first-order valence-electron chi connectivity index (χ1n) is 12.2. The molecule has 0 aromatic heterocycles. The van der Waals surface area contributed by atoms with Gasteiger partial charge in [-0.1, -0.05) is 86.4 Å². The highest BCUT2D eigenvalue weighted by Gasteiger charge is 2.27. The van der Waals surface area contributed by atoms with Gasteiger partial charge in [0.1, 0.15) is 11.5 Å². The van der Waals surface area contributed by atoms with Crippen LogP contribution in [0.25, 0.3) is 0 Å². The zero-order chi connectivity index (χ0) is 27.9. The predicted molar refractivity (Wildman–Crippen MR) is 155 cm³/mol. The largest absolute Gasteiger partial charge is 0.484 e. The van der Waals surface area contributed by atoms with Crippen molar-refractivity contribution >= 4 is 45.6 Å². The number of nitrogens with zero attached hydrogens (tertiary/aromatic N) is 1. The average Bonchev–Trinajstić information content (AvgIpc) is 2.83. The van der Waals surface area contributed by atoms with E-state index in [1.54, 1.807) is 42.5 Å². The van der Waals surface area contributed by atoms with Gasteiger partial charge in [0.15, 0.2) is 6.61 Å². The molecule has 38 heavy (non-hydrogen) atoms. The average molecular weight is 600 g/mol. The topological polar surface area (TPSA) is 77.0 Å². The van der Waals surface area contributed by atoms with Crippen molar-refractivity contribution in [3.63, 3.8) is 0 Å². The summed E-state index contributed by atoms with van der Waals surface area (Å²) < 4.78 is 11.9. The number of carbonyl (C=O) groups excluding carboxylic acids is 2. The zero-order valence-electron chi connectivity index (χ0n) is 22.2. The molecular formula is C30H32BrClN2O4. The molecule has 0 atom stereocenters. The summed E-state index contributed by atoms with van der Waals surface area (Å²) in [6.07, 6.45) is 2.43. The number of hydrogen-bond donors (Lipinski definition) is 1. The van der Waals surface area contributed by atoms with E-state index in [-0.39, 0.29) is 28.7 Å². The lowest BCUT2D eigenvalue weighted by Gasteiger charge is -2.33. The highest BCUT2D eigenvalue weighted by atomic mass is 79.9. The molecule has 0 radical (unpaired) electrons. The first-order valence-corrected chi connectivity index (χ1v) is 13.3. The Balaban J connectivity index is 1.57. The molecule has 0 fully saturated rings. The van der Waals surface area contributed by atoms with Crippen LogP contribution in [0.2, 0.25) is 5.02 Å². The Morgan fingerprint density at radius 3 is 2.34 bits per heavy atom. The van der Waals surface area contributed by atoms with Crippen LogP contribution < -0.4 is 14.9 Å². The van der Waals surface area contributed by atoms with E-state index in [0.717, 1.165) is 10.9 Å². The molecular weight excluding hydrogens is 568 g/mol. The fraction of sp³-hybridized carbons (Fsp3) is 0.300. The third-order valence-electron chi connectivity index (χ3n) is 5.64. The van der Waals surface area contributed by atoms with Gasteiger partial charge in [-0.3, -0.25) is 4.79 Å². The molecule has 6 nitrogen and oxygen atoms in total. The summed E-state index contributed by atoms with van der Waals surface area (Å²) in [6.45, 7) is 11.0. The Labute approximate surface area is 237 Å². The van der Waals surface area contributed by atoms with Crippen LogP contribution in [0.15, 0.2) is 76.3 Å². The second-order valence-electron chi connectivity index (χ2n) is 10.8. The molecule has 0 unspecified atom stereocenters. The molecule has 3 aromatic rings. The van der Waals surface area contributed by atoms with E-state index in [1.165, 1.54) is 11.8 Å². The van der Waals surface area contributed by atoms with E-state index in [1.807, 2.05) is 24.3 Å². The highest BCUT2D eigenvalue weighted by Crippen LogP contribution is 2.36. The van der Waals surface area contributed by atoms with Crippen LogP contribution in [0.1, 0.15) is 62.5 Å². The van der Waals surface area contributed by atoms with E-state index in [9.17, 15) is 9.59 Å². The van der Waals surface area contributed by atoms with Crippen LogP contribution in [0.4, 0.5) is 0 Å². The number of hydrogen-bond acceptors (Lipinski definition) is 5. The van der Waals surface area contributed by atoms with E-state index in [2.05, 4.69) is 61.1 Å². The molecule has 3 aromatic carbocycles. The monoisotopic (exact) mass is 598 g/mol. The van der Waals surface area contributed by atoms with Gasteiger partial charge in [-0.05, 0) is 65.3 Å². The molecule has 0 aliphatic rings. The zero-order valence-corrected chi connectivity index (χ0v) is 24.5. The van der Waals surface area contributed by atoms with Crippen LogP contribution in [-0.4, -0.2) is 24.7 Å². The van der Waals surface area contributed by atoms with Gasteiger partial charge < -0.3 is 9.47 Å². The minimum absolute atomic E-state index is 0.0237. The number of rotatable bonds is 9. The van der Waals surface area contributed by atoms with Gasteiger partial charge in [-0.25, -0.2) is 10.2 Å². The Bertz CT molecular complexity index is 1310. The first kappa shape index (κ1) is 29.4. The second kappa shape index (κ2) is 12.6. The lowest BCUT2D eigenvalue weighted by molar-refractivity contribution is -0.123. The van der Waals surface area contributed by atoms with Crippen molar-refractivity contribution in [3.8, 4) is 11.5 Å². The lowest BCUT2D eigenvalue weighted by atomic mass is 9.72. The number of halogens is 2. The van der Waals surface area contributed by atoms with E-state index in [4.69, 9.17) is 21.1 Å². The molecule has 200 valence electrons. The van der Waals surface area contributed by atoms with E-state index >= 15 is 0 Å². The number of hydrazone groups is 1. The maximum absolute atomic E-state index is 12.6. The summed E-state index contributed by atoms with van der Waals surface area (Å²) in [5, 5.41) is 4.28. The van der Waals surface area contributed by atoms with Gasteiger partial charge in [0.25, 0.3) is 5.91 Å². The molecule has 0 saturated heterocycles. The van der Waals surface area contributed by atoms with Crippen molar-refractivity contribution in [1.29, 1.82) is 0 Å². The quantitative estimate of drug-likeness (QED) is 0.119. The van der Waals surface area contributed by atoms with E-state index < -0.39 is 11.9 Å². The van der Waals surface area contributed by atoms with Crippen molar-refractivity contribution < 1.29 is 19.1 Å². The summed E-state index contributed by atoms with van der Waals surface area (Å²) in [4.78, 5) is 24.8. The Morgan fingerprint density at radius 1 is 1.00 bits per heavy atom. The molecule has 1 amide bonds. The summed E-state index contributed by atoms with van der Waals surface area (Å²) in [5.41, 5.74) is 4.61. The van der Waals surface area contributed by atoms with Crippen LogP contribution in [-0.2, 0) is 10.2 Å². The Hall–Kier alpha value is -3.16. The third-order valence-corrected chi connectivity index (χ3v) is 6.46. The fourth-order valence-electron chi connectivity index (χ4n) is 4.28. The summed E-state index contributed by atoms with van der Waals surface area (Å²) in [6, 6.07) is 19.5. The molecule has 0 aliphatic heterocycles. The smallest absolute Gasteiger partial charge is 0.345 e. The number of carbonyl (C=O) groups is 2. The molecule has 0 bridgehead atoms. The van der Waals surface area contributed by atoms with Gasteiger partial charge in [-0.15, -0.1) is 0 Å². The number of amides is 1. The van der Waals surface area contributed by atoms with Crippen LogP contribution in [0, 0.1) is 5.41 Å². The maximum Gasteiger partial charge on any atom is 0.345 e. The third kappa shape index (κ3) is 8.71. The fourth-order valence-corrected chi connectivity index (χ4v) is 4.87. The molecule has 8 heteroatoms. The lowest BCUT2D eigenvalue weighted by Crippen LogP contribution is -2.25. The SMILES string of the molecule is CC(C)(C)CC(C)(C)c1ccc(OCC(=O)NN=Cc2cc(Br)ccc2OC(=O)c2ccccc2Cl)cc1. The molecule has 1 N–H and O–H groups in total. The van der Waals surface area contributed by atoms with Crippen molar-refractivity contribution in [2.75, 3.05) is 6.61 Å². The minimum Gasteiger partial charge on any atom is -0.484 e. The summed E-state index contributed by atoms with van der Waals surface area (Å²) in [7, 11) is 0. The predicted octanol–water partition coefficient (Wildman–Crippen LogP) is 7.56. The van der Waals surface area contributed by atoms with Crippen molar-refractivity contribution in [2.24, 2.45) is 10.5 Å². The normalized spacial score (nSPS) is 11.9. The van der Waals surface area contributed by atoms with Gasteiger partial charge in [0.2, 0.25) is 0 Å². The standard InChI is InChI=1S/C30H32BrClN2O4/c1-29(2,3)19-30(4,5)21-10-13-23(14-11-21)37-18-27(35)34-33-17-20-16-22(31)12-15-26(20)38-28(36)24-8-6-7-9-25(24)32/h6-17H,18-19H2,1-5H3,(H,34,35). The second-order valence-corrected chi connectivity index (χ2v) is 12.1. The minimum atomic E-state index is -0.599. The van der Waals surface area contributed by atoms with Gasteiger partial charge >= 0.3 is 5.97 Å². The molecule has 0 aliphatic carbocycles. The van der Waals surface area contributed by atoms with Crippen LogP contribution in [0.5, 0.6) is 11.5 Å². The van der Waals surface area contributed by atoms with Crippen molar-refractivity contribution in [2.45, 2.75) is 46.5 Å². The Morgan fingerprint density at radius 2 is 1.68 bits per heavy atom. The summed E-state index contributed by atoms with van der Waals surface area (Å²) >= 11 is 9.49. The van der Waals surface area contributed by atoms with Crippen molar-refractivity contribution in [1.82, 2.24) is 5.43 Å². The first-order chi connectivity index (χ1) is 17.8. The van der Waals surface area contributed by atoms with Crippen LogP contribution in [0.3, 0.4) is 0 Å². The number of ether oxygens (including phenoxy) is 2. The summed E-state index contributed by atoms with van der Waals surface area (Å²) in [5.74, 6) is -0.164. The van der Waals surface area contributed by atoms with Gasteiger partial charge in [0, 0.05) is 10.0 Å². The van der Waals surface area contributed by atoms with Gasteiger partial charge in [0.05, 0.1) is 16.8 Å². The van der Waals surface area contributed by atoms with Crippen LogP contribution >= 0.6 is 27.5 Å². The molecule has 0 spiro atoms. The molecule has 3 rings (SSSR count). The highest BCUT2D eigenvalue weighted by molar-refractivity contribution is 9.10. The molecule has 0 heterocycles. The van der Waals surface area contributed by atoms with Crippen molar-refractivity contribution in [3.05, 3.63) is 92.9 Å². The number of esters is 1. The van der Waals surface area contributed by atoms with E-state index in [0.29, 0.717) is 16.3 Å².